The van der Waals surface area contributed by atoms with Crippen LogP contribution >= 0.6 is 11.3 Å². The van der Waals surface area contributed by atoms with Gasteiger partial charge < -0.3 is 10.1 Å². The van der Waals surface area contributed by atoms with Gasteiger partial charge in [-0.25, -0.2) is 0 Å². The van der Waals surface area contributed by atoms with Crippen LogP contribution in [0.2, 0.25) is 0 Å². The van der Waals surface area contributed by atoms with Crippen molar-refractivity contribution in [2.75, 3.05) is 11.9 Å². The zero-order chi connectivity index (χ0) is 17.6. The van der Waals surface area contributed by atoms with Crippen molar-refractivity contribution in [2.24, 2.45) is 0 Å². The number of anilines is 1. The maximum Gasteiger partial charge on any atom is 0.197 e. The number of hydrogen-bond donors (Lipinski definition) is 1. The molecule has 3 nitrogen and oxygen atoms in total. The number of rotatable bonds is 8. The van der Waals surface area contributed by atoms with Crippen molar-refractivity contribution in [1.82, 2.24) is 0 Å². The molecule has 0 atom stereocenters. The Bertz CT molecular complexity index is 946. The van der Waals surface area contributed by atoms with Crippen LogP contribution in [0.4, 0.5) is 5.69 Å². The number of aldehydes is 1. The van der Waals surface area contributed by atoms with Gasteiger partial charge >= 0.3 is 0 Å². The summed E-state index contributed by atoms with van der Waals surface area (Å²) in [6.07, 6.45) is 5.83. The molecule has 0 aliphatic heterocycles. The minimum atomic E-state index is 0.113. The van der Waals surface area contributed by atoms with Crippen LogP contribution < -0.4 is 10.7 Å². The summed E-state index contributed by atoms with van der Waals surface area (Å²) in [4.78, 5) is 23.3. The summed E-state index contributed by atoms with van der Waals surface area (Å²) in [5.41, 5.74) is 2.18. The Hall–Kier alpha value is -2.20. The zero-order valence-corrected chi connectivity index (χ0v) is 15.3. The fourth-order valence-corrected chi connectivity index (χ4v) is 4.28. The Kier molecular flexibility index (Phi) is 5.82. The Morgan fingerprint density at radius 2 is 1.84 bits per heavy atom. The van der Waals surface area contributed by atoms with E-state index in [0.717, 1.165) is 69.9 Å². The second-order valence-corrected chi connectivity index (χ2v) is 7.41. The van der Waals surface area contributed by atoms with Crippen LogP contribution in [-0.4, -0.2) is 12.8 Å². The van der Waals surface area contributed by atoms with E-state index < -0.39 is 0 Å². The molecule has 0 unspecified atom stereocenters. The number of aryl methyl sites for hydroxylation is 1. The molecule has 0 fully saturated rings. The van der Waals surface area contributed by atoms with Gasteiger partial charge in [0.1, 0.15) is 6.29 Å². The van der Waals surface area contributed by atoms with Gasteiger partial charge in [-0.2, -0.15) is 0 Å². The van der Waals surface area contributed by atoms with E-state index in [-0.39, 0.29) is 5.43 Å². The highest BCUT2D eigenvalue weighted by molar-refractivity contribution is 7.24. The van der Waals surface area contributed by atoms with Gasteiger partial charge in [0.2, 0.25) is 0 Å². The first-order chi connectivity index (χ1) is 12.2. The van der Waals surface area contributed by atoms with Crippen molar-refractivity contribution in [2.45, 2.75) is 39.0 Å². The summed E-state index contributed by atoms with van der Waals surface area (Å²) < 4.78 is 2.11. The molecular weight excluding hydrogens is 330 g/mol. The van der Waals surface area contributed by atoms with Crippen molar-refractivity contribution in [3.8, 4) is 0 Å². The second-order valence-electron chi connectivity index (χ2n) is 6.36. The molecule has 1 heterocycles. The molecule has 0 aliphatic rings. The smallest absolute Gasteiger partial charge is 0.197 e. The van der Waals surface area contributed by atoms with Crippen LogP contribution in [0.1, 0.15) is 37.7 Å². The molecule has 2 aromatic carbocycles. The normalized spacial score (nSPS) is 11.1. The van der Waals surface area contributed by atoms with E-state index in [1.165, 1.54) is 0 Å². The number of hydrogen-bond acceptors (Lipinski definition) is 4. The Labute approximate surface area is 151 Å². The van der Waals surface area contributed by atoms with E-state index in [1.54, 1.807) is 11.3 Å². The van der Waals surface area contributed by atoms with Gasteiger partial charge in [-0.1, -0.05) is 31.0 Å². The quantitative estimate of drug-likeness (QED) is 0.340. The fourth-order valence-electron chi connectivity index (χ4n) is 3.11. The van der Waals surface area contributed by atoms with Gasteiger partial charge in [0.05, 0.1) is 5.39 Å². The fraction of sp³-hybridized carbons (Fsp3) is 0.333. The predicted molar refractivity (Wildman–Crippen MR) is 108 cm³/mol. The van der Waals surface area contributed by atoms with Crippen LogP contribution in [0.15, 0.2) is 41.2 Å². The molecule has 3 aromatic rings. The summed E-state index contributed by atoms with van der Waals surface area (Å²) in [7, 11) is 0. The van der Waals surface area contributed by atoms with Gasteiger partial charge in [-0.05, 0) is 43.5 Å². The van der Waals surface area contributed by atoms with E-state index >= 15 is 0 Å². The van der Waals surface area contributed by atoms with Crippen LogP contribution in [-0.2, 0) is 4.79 Å². The third kappa shape index (κ3) is 3.90. The number of unbranched alkanes of at least 4 members (excludes halogenated alkanes) is 4. The van der Waals surface area contributed by atoms with Crippen molar-refractivity contribution in [1.29, 1.82) is 0 Å². The summed E-state index contributed by atoms with van der Waals surface area (Å²) in [5.74, 6) is 0. The molecule has 3 rings (SSSR count). The van der Waals surface area contributed by atoms with E-state index in [2.05, 4.69) is 18.3 Å². The molecule has 0 saturated carbocycles. The number of carbonyl (C=O) groups excluding carboxylic acids is 1. The predicted octanol–water partition coefficient (Wildman–Crippen LogP) is 5.28. The third-order valence-electron chi connectivity index (χ3n) is 4.49. The lowest BCUT2D eigenvalue weighted by molar-refractivity contribution is -0.107. The lowest BCUT2D eigenvalue weighted by atomic mass is 10.1. The van der Waals surface area contributed by atoms with E-state index in [1.807, 2.05) is 30.3 Å². The van der Waals surface area contributed by atoms with Gasteiger partial charge in [-0.3, -0.25) is 4.79 Å². The molecule has 0 radical (unpaired) electrons. The van der Waals surface area contributed by atoms with Gasteiger partial charge in [0.15, 0.2) is 5.43 Å². The van der Waals surface area contributed by atoms with Crippen molar-refractivity contribution < 1.29 is 4.79 Å². The van der Waals surface area contributed by atoms with Crippen LogP contribution in [0.5, 0.6) is 0 Å². The van der Waals surface area contributed by atoms with Gasteiger partial charge in [0, 0.05) is 33.4 Å². The average Bonchev–Trinajstić information content (AvgIpc) is 2.63. The first-order valence-corrected chi connectivity index (χ1v) is 9.66. The second kappa shape index (κ2) is 8.26. The minimum absolute atomic E-state index is 0.113. The first-order valence-electron chi connectivity index (χ1n) is 8.85. The van der Waals surface area contributed by atoms with E-state index in [9.17, 15) is 9.59 Å². The Balaban J connectivity index is 1.84. The molecular formula is C21H23NO2S. The van der Waals surface area contributed by atoms with Crippen LogP contribution in [0.25, 0.3) is 20.2 Å². The lowest BCUT2D eigenvalue weighted by Gasteiger charge is -2.11. The molecule has 130 valence electrons. The Morgan fingerprint density at radius 3 is 2.68 bits per heavy atom. The maximum atomic E-state index is 13.0. The highest BCUT2D eigenvalue weighted by Gasteiger charge is 2.11. The molecule has 25 heavy (non-hydrogen) atoms. The zero-order valence-electron chi connectivity index (χ0n) is 14.5. The number of fused-ring (bicyclic) bond motifs is 2. The lowest BCUT2D eigenvalue weighted by Crippen LogP contribution is -2.08. The average molecular weight is 353 g/mol. The minimum Gasteiger partial charge on any atom is -0.384 e. The number of nitrogens with one attached hydrogen (secondary N) is 1. The molecule has 1 aromatic heterocycles. The van der Waals surface area contributed by atoms with Crippen molar-refractivity contribution >= 4 is 43.5 Å². The largest absolute Gasteiger partial charge is 0.384 e. The highest BCUT2D eigenvalue weighted by atomic mass is 32.1. The number of benzene rings is 2. The van der Waals surface area contributed by atoms with E-state index in [0.29, 0.717) is 6.42 Å². The monoisotopic (exact) mass is 353 g/mol. The number of carbonyl (C=O) groups is 1. The maximum absolute atomic E-state index is 13.0. The third-order valence-corrected chi connectivity index (χ3v) is 5.80. The summed E-state index contributed by atoms with van der Waals surface area (Å²) in [5, 5.41) is 5.05. The van der Waals surface area contributed by atoms with Crippen LogP contribution in [0.3, 0.4) is 0 Å². The van der Waals surface area contributed by atoms with E-state index in [4.69, 9.17) is 0 Å². The van der Waals surface area contributed by atoms with Crippen molar-refractivity contribution in [3.63, 3.8) is 0 Å². The highest BCUT2D eigenvalue weighted by Crippen LogP contribution is 2.31. The summed E-state index contributed by atoms with van der Waals surface area (Å²) in [6, 6.07) is 11.9. The first kappa shape index (κ1) is 17.6. The molecule has 0 bridgehead atoms. The van der Waals surface area contributed by atoms with Gasteiger partial charge in [-0.15, -0.1) is 11.3 Å². The Morgan fingerprint density at radius 1 is 1.04 bits per heavy atom. The summed E-state index contributed by atoms with van der Waals surface area (Å²) in [6.45, 7) is 2.90. The molecule has 0 saturated heterocycles. The van der Waals surface area contributed by atoms with Crippen molar-refractivity contribution in [3.05, 3.63) is 52.2 Å². The van der Waals surface area contributed by atoms with Crippen LogP contribution in [0, 0.1) is 6.92 Å². The van der Waals surface area contributed by atoms with Gasteiger partial charge in [0.25, 0.3) is 0 Å². The molecule has 4 heteroatoms. The SMILES string of the molecule is Cc1ccc(NCCCCCCC=O)c2c(=O)c3ccccc3sc12. The standard InChI is InChI=1S/C21H23NO2S/c1-15-11-12-17(22-13-7-3-2-4-8-14-23)19-20(24)16-9-5-6-10-18(16)25-21(15)19/h5-6,9-12,14,22H,2-4,7-8,13H2,1H3. The summed E-state index contributed by atoms with van der Waals surface area (Å²) >= 11 is 1.69. The molecule has 0 aliphatic carbocycles. The molecule has 1 N–H and O–H groups in total. The molecule has 0 spiro atoms. The molecule has 0 amide bonds. The topological polar surface area (TPSA) is 46.2 Å².